The fourth-order valence-corrected chi connectivity index (χ4v) is 3.98. The highest BCUT2D eigenvalue weighted by atomic mass is 32.2. The lowest BCUT2D eigenvalue weighted by Gasteiger charge is -2.14. The van der Waals surface area contributed by atoms with Gasteiger partial charge < -0.3 is 5.11 Å². The van der Waals surface area contributed by atoms with E-state index in [1.165, 1.54) is 16.5 Å². The Bertz CT molecular complexity index is 762. The molecule has 1 atom stereocenters. The van der Waals surface area contributed by atoms with E-state index in [4.69, 9.17) is 0 Å². The second-order valence-electron chi connectivity index (χ2n) is 5.53. The van der Waals surface area contributed by atoms with Crippen LogP contribution >= 0.6 is 11.9 Å². The van der Waals surface area contributed by atoms with Gasteiger partial charge in [0.2, 0.25) is 0 Å². The molecule has 0 bridgehead atoms. The van der Waals surface area contributed by atoms with Crippen LogP contribution in [0.25, 0.3) is 5.57 Å². The van der Waals surface area contributed by atoms with Crippen molar-refractivity contribution in [3.63, 3.8) is 0 Å². The number of aliphatic hydroxyl groups excluding tert-OH is 1. The molecule has 5 heteroatoms. The van der Waals surface area contributed by atoms with Crippen LogP contribution in [-0.4, -0.2) is 17.4 Å². The van der Waals surface area contributed by atoms with E-state index in [0.29, 0.717) is 6.42 Å². The molecule has 4 rings (SSSR count). The Hall–Kier alpha value is -1.69. The zero-order valence-corrected chi connectivity index (χ0v) is 12.7. The highest BCUT2D eigenvalue weighted by Crippen LogP contribution is 2.40. The smallest absolute Gasteiger partial charge is 0.106 e. The van der Waals surface area contributed by atoms with E-state index in [9.17, 15) is 9.50 Å². The Balaban J connectivity index is 1.69. The molecular weight excluding hydrogens is 299 g/mol. The summed E-state index contributed by atoms with van der Waals surface area (Å²) in [4.78, 5) is 5.56. The highest BCUT2D eigenvalue weighted by Gasteiger charge is 2.26. The maximum absolute atomic E-state index is 13.3. The molecule has 2 aliphatic heterocycles. The number of allylic oxidation sites excluding steroid dienone is 5. The topological polar surface area (TPSA) is 44.6 Å². The summed E-state index contributed by atoms with van der Waals surface area (Å²) >= 11 is 1.61. The first-order valence-electron chi connectivity index (χ1n) is 7.28. The molecule has 0 aromatic heterocycles. The highest BCUT2D eigenvalue weighted by molar-refractivity contribution is 7.97. The SMILES string of the molecule is OCCC1NSc2ccc(C3=CN=C4CC(F)=CC=C34)cc21. The van der Waals surface area contributed by atoms with E-state index < -0.39 is 0 Å². The lowest BCUT2D eigenvalue weighted by atomic mass is 9.91. The molecule has 0 radical (unpaired) electrons. The lowest BCUT2D eigenvalue weighted by molar-refractivity contribution is 0.274. The van der Waals surface area contributed by atoms with Gasteiger partial charge in [-0.15, -0.1) is 0 Å². The monoisotopic (exact) mass is 314 g/mol. The Labute approximate surface area is 132 Å². The van der Waals surface area contributed by atoms with Crippen LogP contribution in [0, 0.1) is 0 Å². The van der Waals surface area contributed by atoms with Gasteiger partial charge in [-0.05, 0) is 53.8 Å². The van der Waals surface area contributed by atoms with Gasteiger partial charge in [0.1, 0.15) is 5.83 Å². The zero-order chi connectivity index (χ0) is 15.1. The normalized spacial score (nSPS) is 22.5. The molecular formula is C17H15FN2OS. The molecule has 0 amide bonds. The summed E-state index contributed by atoms with van der Waals surface area (Å²) in [6.07, 6.45) is 6.13. The van der Waals surface area contributed by atoms with Crippen molar-refractivity contribution in [2.24, 2.45) is 4.99 Å². The van der Waals surface area contributed by atoms with Gasteiger partial charge >= 0.3 is 0 Å². The predicted octanol–water partition coefficient (Wildman–Crippen LogP) is 3.70. The third-order valence-electron chi connectivity index (χ3n) is 4.14. The fraction of sp³-hybridized carbons (Fsp3) is 0.235. The minimum absolute atomic E-state index is 0.144. The number of nitrogens with zero attached hydrogens (tertiary/aromatic N) is 1. The van der Waals surface area contributed by atoms with Crippen molar-refractivity contribution < 1.29 is 9.50 Å². The van der Waals surface area contributed by atoms with Crippen LogP contribution < -0.4 is 4.72 Å². The summed E-state index contributed by atoms with van der Waals surface area (Å²) < 4.78 is 16.7. The Morgan fingerprint density at radius 3 is 3.09 bits per heavy atom. The van der Waals surface area contributed by atoms with Crippen molar-refractivity contribution in [2.75, 3.05) is 6.61 Å². The summed E-state index contributed by atoms with van der Waals surface area (Å²) in [5, 5.41) is 9.18. The van der Waals surface area contributed by atoms with Gasteiger partial charge in [0.05, 0.1) is 5.71 Å². The number of fused-ring (bicyclic) bond motifs is 2. The Morgan fingerprint density at radius 1 is 1.32 bits per heavy atom. The summed E-state index contributed by atoms with van der Waals surface area (Å²) in [7, 11) is 0. The largest absolute Gasteiger partial charge is 0.396 e. The second kappa shape index (κ2) is 5.50. The van der Waals surface area contributed by atoms with Crippen LogP contribution in [0.2, 0.25) is 0 Å². The second-order valence-corrected chi connectivity index (χ2v) is 6.41. The van der Waals surface area contributed by atoms with Crippen LogP contribution in [-0.2, 0) is 0 Å². The molecule has 0 saturated heterocycles. The molecule has 2 N–H and O–H groups in total. The van der Waals surface area contributed by atoms with Crippen molar-refractivity contribution in [2.45, 2.75) is 23.8 Å². The van der Waals surface area contributed by atoms with Crippen LogP contribution in [0.5, 0.6) is 0 Å². The molecule has 112 valence electrons. The van der Waals surface area contributed by atoms with Crippen molar-refractivity contribution in [1.29, 1.82) is 0 Å². The number of hydrogen-bond acceptors (Lipinski definition) is 4. The van der Waals surface area contributed by atoms with E-state index in [0.717, 1.165) is 22.4 Å². The van der Waals surface area contributed by atoms with Gasteiger partial charge in [-0.1, -0.05) is 6.07 Å². The van der Waals surface area contributed by atoms with Crippen molar-refractivity contribution in [3.8, 4) is 0 Å². The number of hydrogen-bond donors (Lipinski definition) is 2. The molecule has 1 aromatic carbocycles. The molecule has 1 unspecified atom stereocenters. The number of benzene rings is 1. The standard InChI is InChI=1S/C17H15FN2OS/c18-11-2-3-12-14(9-19-16(12)8-11)10-1-4-17-13(7-10)15(5-6-21)20-22-17/h1-4,7,9,15,20-21H,5-6,8H2. The Kier molecular flexibility index (Phi) is 3.48. The third kappa shape index (κ3) is 2.26. The average Bonchev–Trinajstić information content (AvgIpc) is 3.11. The van der Waals surface area contributed by atoms with Crippen LogP contribution in [0.4, 0.5) is 4.39 Å². The van der Waals surface area contributed by atoms with Crippen molar-refractivity contribution in [1.82, 2.24) is 4.72 Å². The molecule has 22 heavy (non-hydrogen) atoms. The van der Waals surface area contributed by atoms with Crippen molar-refractivity contribution in [3.05, 3.63) is 59.1 Å². The zero-order valence-electron chi connectivity index (χ0n) is 11.8. The van der Waals surface area contributed by atoms with Gasteiger partial charge in [0.15, 0.2) is 0 Å². The summed E-state index contributed by atoms with van der Waals surface area (Å²) in [5.74, 6) is -0.144. The molecule has 0 fully saturated rings. The van der Waals surface area contributed by atoms with Crippen LogP contribution in [0.15, 0.2) is 57.8 Å². The number of aliphatic imine (C=N–C) groups is 1. The van der Waals surface area contributed by atoms with E-state index >= 15 is 0 Å². The first kappa shape index (κ1) is 13.9. The summed E-state index contributed by atoms with van der Waals surface area (Å²) in [6.45, 7) is 0.160. The van der Waals surface area contributed by atoms with Gasteiger partial charge in [-0.2, -0.15) is 0 Å². The van der Waals surface area contributed by atoms with Crippen molar-refractivity contribution >= 4 is 23.2 Å². The van der Waals surface area contributed by atoms with E-state index in [1.54, 1.807) is 11.9 Å². The molecule has 2 heterocycles. The molecule has 1 aromatic rings. The average molecular weight is 314 g/mol. The quantitative estimate of drug-likeness (QED) is 0.836. The minimum Gasteiger partial charge on any atom is -0.396 e. The third-order valence-corrected chi connectivity index (χ3v) is 5.14. The predicted molar refractivity (Wildman–Crippen MR) is 87.2 cm³/mol. The van der Waals surface area contributed by atoms with Gasteiger partial charge in [-0.25, -0.2) is 4.39 Å². The first-order chi connectivity index (χ1) is 10.8. The van der Waals surface area contributed by atoms with Crippen LogP contribution in [0.1, 0.15) is 30.0 Å². The number of aliphatic hydroxyl groups is 1. The minimum atomic E-state index is -0.144. The van der Waals surface area contributed by atoms with Gasteiger partial charge in [0.25, 0.3) is 0 Å². The maximum atomic E-state index is 13.3. The lowest BCUT2D eigenvalue weighted by Crippen LogP contribution is -2.10. The maximum Gasteiger partial charge on any atom is 0.106 e. The molecule has 3 aliphatic rings. The first-order valence-corrected chi connectivity index (χ1v) is 8.09. The van der Waals surface area contributed by atoms with E-state index in [-0.39, 0.29) is 24.9 Å². The van der Waals surface area contributed by atoms with E-state index in [1.807, 2.05) is 12.3 Å². The van der Waals surface area contributed by atoms with E-state index in [2.05, 4.69) is 27.9 Å². The summed E-state index contributed by atoms with van der Waals surface area (Å²) in [6, 6.07) is 6.50. The number of nitrogens with one attached hydrogen (secondary N) is 1. The fourth-order valence-electron chi connectivity index (χ4n) is 3.01. The molecule has 1 aliphatic carbocycles. The Morgan fingerprint density at radius 2 is 2.23 bits per heavy atom. The summed E-state index contributed by atoms with van der Waals surface area (Å²) in [5.41, 5.74) is 5.16. The number of rotatable bonds is 3. The van der Waals surface area contributed by atoms with Crippen LogP contribution in [0.3, 0.4) is 0 Å². The molecule has 0 saturated carbocycles. The number of halogens is 1. The molecule has 0 spiro atoms. The molecule has 3 nitrogen and oxygen atoms in total. The van der Waals surface area contributed by atoms with Gasteiger partial charge in [-0.3, -0.25) is 9.71 Å². The van der Waals surface area contributed by atoms with Gasteiger partial charge in [0, 0.05) is 41.3 Å².